The van der Waals surface area contributed by atoms with Gasteiger partial charge in [0.2, 0.25) is 11.8 Å². The number of hydrogen-bond acceptors (Lipinski definition) is 4. The van der Waals surface area contributed by atoms with E-state index in [0.29, 0.717) is 17.6 Å². The third-order valence-electron chi connectivity index (χ3n) is 3.93. The molecule has 1 aromatic rings. The Balaban J connectivity index is 1.75. The van der Waals surface area contributed by atoms with Crippen molar-refractivity contribution in [2.75, 3.05) is 11.9 Å². The minimum atomic E-state index is -0.0939. The van der Waals surface area contributed by atoms with Crippen LogP contribution in [-0.2, 0) is 22.4 Å². The van der Waals surface area contributed by atoms with Gasteiger partial charge in [-0.3, -0.25) is 9.59 Å². The van der Waals surface area contributed by atoms with E-state index in [1.165, 1.54) is 4.88 Å². The largest absolute Gasteiger partial charge is 0.355 e. The van der Waals surface area contributed by atoms with Crippen molar-refractivity contribution in [2.24, 2.45) is 11.8 Å². The molecule has 2 amide bonds. The molecule has 0 saturated heterocycles. The Bertz CT molecular complexity index is 541. The molecule has 122 valence electrons. The van der Waals surface area contributed by atoms with Crippen molar-refractivity contribution in [1.82, 2.24) is 10.3 Å². The smallest absolute Gasteiger partial charge is 0.227 e. The molecule has 6 heteroatoms. The van der Waals surface area contributed by atoms with Gasteiger partial charge in [-0.1, -0.05) is 27.2 Å². The lowest BCUT2D eigenvalue weighted by atomic mass is 10.2. The van der Waals surface area contributed by atoms with E-state index in [4.69, 9.17) is 0 Å². The van der Waals surface area contributed by atoms with Crippen LogP contribution in [0, 0.1) is 11.8 Å². The summed E-state index contributed by atoms with van der Waals surface area (Å²) in [6.07, 6.45) is 4.20. The van der Waals surface area contributed by atoms with Gasteiger partial charge >= 0.3 is 0 Å². The average molecular weight is 323 g/mol. The maximum absolute atomic E-state index is 11.9. The Morgan fingerprint density at radius 3 is 2.68 bits per heavy atom. The molecule has 1 aliphatic rings. The van der Waals surface area contributed by atoms with E-state index in [9.17, 15) is 9.59 Å². The topological polar surface area (TPSA) is 71.1 Å². The third kappa shape index (κ3) is 4.53. The molecule has 2 atom stereocenters. The monoisotopic (exact) mass is 323 g/mol. The molecule has 0 aromatic carbocycles. The van der Waals surface area contributed by atoms with Crippen molar-refractivity contribution < 1.29 is 9.59 Å². The van der Waals surface area contributed by atoms with Gasteiger partial charge in [-0.2, -0.15) is 0 Å². The molecule has 2 rings (SSSR count). The fourth-order valence-electron chi connectivity index (χ4n) is 2.44. The number of nitrogens with one attached hydrogen (secondary N) is 2. The number of carbonyl (C=O) groups excluding carboxylic acids is 2. The first-order valence-electron chi connectivity index (χ1n) is 8.11. The highest BCUT2D eigenvalue weighted by atomic mass is 32.1. The standard InChI is InChI=1S/C16H25N3O2S/c1-4-6-12-13(5-2)22-16(18-12)19-14(20)7-8-17-15(21)11-9-10(11)3/h10-11H,4-9H2,1-3H3,(H,17,21)(H,18,19,20)/t10-,11+/m0/s1. The molecule has 1 saturated carbocycles. The van der Waals surface area contributed by atoms with Gasteiger partial charge in [-0.05, 0) is 25.2 Å². The molecule has 2 N–H and O–H groups in total. The SMILES string of the molecule is CCCc1nc(NC(=O)CCNC(=O)[C@@H]2C[C@@H]2C)sc1CC. The summed E-state index contributed by atoms with van der Waals surface area (Å²) in [5.74, 6) is 0.635. The molecule has 5 nitrogen and oxygen atoms in total. The zero-order valence-corrected chi connectivity index (χ0v) is 14.4. The minimum absolute atomic E-state index is 0.0769. The Kier molecular flexibility index (Phi) is 5.94. The van der Waals surface area contributed by atoms with Crippen LogP contribution in [0.3, 0.4) is 0 Å². The van der Waals surface area contributed by atoms with Crippen LogP contribution in [-0.4, -0.2) is 23.3 Å². The first-order chi connectivity index (χ1) is 10.5. The quantitative estimate of drug-likeness (QED) is 0.773. The van der Waals surface area contributed by atoms with E-state index in [1.807, 2.05) is 0 Å². The Labute approximate surface area is 135 Å². The van der Waals surface area contributed by atoms with Crippen LogP contribution < -0.4 is 10.6 Å². The molecule has 1 aromatic heterocycles. The molecule has 1 fully saturated rings. The number of thiazole rings is 1. The zero-order valence-electron chi connectivity index (χ0n) is 13.6. The summed E-state index contributed by atoms with van der Waals surface area (Å²) in [4.78, 5) is 29.3. The second-order valence-corrected chi connectivity index (χ2v) is 6.98. The van der Waals surface area contributed by atoms with Crippen LogP contribution in [0.1, 0.15) is 50.6 Å². The van der Waals surface area contributed by atoms with Gasteiger partial charge in [0.25, 0.3) is 0 Å². The highest BCUT2D eigenvalue weighted by Crippen LogP contribution is 2.37. The minimum Gasteiger partial charge on any atom is -0.355 e. The molecule has 0 unspecified atom stereocenters. The average Bonchev–Trinajstić information content (AvgIpc) is 3.09. The molecule has 0 radical (unpaired) electrons. The summed E-state index contributed by atoms with van der Waals surface area (Å²) < 4.78 is 0. The number of rotatable bonds is 8. The summed E-state index contributed by atoms with van der Waals surface area (Å²) >= 11 is 1.55. The molecule has 0 bridgehead atoms. The maximum atomic E-state index is 11.9. The van der Waals surface area contributed by atoms with Crippen LogP contribution >= 0.6 is 11.3 Å². The van der Waals surface area contributed by atoms with Crippen LogP contribution in [0.5, 0.6) is 0 Å². The second-order valence-electron chi connectivity index (χ2n) is 5.90. The molecular formula is C16H25N3O2S. The number of aromatic nitrogens is 1. The van der Waals surface area contributed by atoms with E-state index in [2.05, 4.69) is 36.4 Å². The molecule has 1 aliphatic carbocycles. The van der Waals surface area contributed by atoms with Gasteiger partial charge in [0.15, 0.2) is 5.13 Å². The number of hydrogen-bond donors (Lipinski definition) is 2. The lowest BCUT2D eigenvalue weighted by molar-refractivity contribution is -0.122. The van der Waals surface area contributed by atoms with E-state index in [-0.39, 0.29) is 24.2 Å². The van der Waals surface area contributed by atoms with Gasteiger partial charge in [0, 0.05) is 23.8 Å². The predicted molar refractivity (Wildman–Crippen MR) is 89.0 cm³/mol. The highest BCUT2D eigenvalue weighted by Gasteiger charge is 2.38. The summed E-state index contributed by atoms with van der Waals surface area (Å²) in [6, 6.07) is 0. The fourth-order valence-corrected chi connectivity index (χ4v) is 3.41. The van der Waals surface area contributed by atoms with E-state index < -0.39 is 0 Å². The van der Waals surface area contributed by atoms with Gasteiger partial charge in [-0.15, -0.1) is 11.3 Å². The number of carbonyl (C=O) groups is 2. The Morgan fingerprint density at radius 1 is 1.36 bits per heavy atom. The van der Waals surface area contributed by atoms with Crippen molar-refractivity contribution in [2.45, 2.75) is 52.9 Å². The lowest BCUT2D eigenvalue weighted by Crippen LogP contribution is -2.29. The van der Waals surface area contributed by atoms with E-state index in [0.717, 1.165) is 31.4 Å². The Morgan fingerprint density at radius 2 is 2.09 bits per heavy atom. The van der Waals surface area contributed by atoms with Crippen LogP contribution in [0.15, 0.2) is 0 Å². The number of amides is 2. The predicted octanol–water partition coefficient (Wildman–Crippen LogP) is 2.76. The van der Waals surface area contributed by atoms with Crippen LogP contribution in [0.25, 0.3) is 0 Å². The maximum Gasteiger partial charge on any atom is 0.227 e. The van der Waals surface area contributed by atoms with Gasteiger partial charge in [-0.25, -0.2) is 4.98 Å². The van der Waals surface area contributed by atoms with Crippen molar-refractivity contribution >= 4 is 28.3 Å². The Hall–Kier alpha value is -1.43. The fraction of sp³-hybridized carbons (Fsp3) is 0.688. The molecule has 1 heterocycles. The highest BCUT2D eigenvalue weighted by molar-refractivity contribution is 7.15. The summed E-state index contributed by atoms with van der Waals surface area (Å²) in [5, 5.41) is 6.34. The molecule has 0 aliphatic heterocycles. The zero-order chi connectivity index (χ0) is 16.1. The van der Waals surface area contributed by atoms with Crippen LogP contribution in [0.4, 0.5) is 5.13 Å². The molecular weight excluding hydrogens is 298 g/mol. The first-order valence-corrected chi connectivity index (χ1v) is 8.92. The lowest BCUT2D eigenvalue weighted by Gasteiger charge is -2.04. The van der Waals surface area contributed by atoms with Gasteiger partial charge in [0.1, 0.15) is 0 Å². The van der Waals surface area contributed by atoms with Crippen molar-refractivity contribution in [3.05, 3.63) is 10.6 Å². The molecule has 22 heavy (non-hydrogen) atoms. The molecule has 0 spiro atoms. The summed E-state index contributed by atoms with van der Waals surface area (Å²) in [6.45, 7) is 6.69. The third-order valence-corrected chi connectivity index (χ3v) is 5.09. The normalized spacial score (nSPS) is 19.8. The van der Waals surface area contributed by atoms with Crippen molar-refractivity contribution in [3.63, 3.8) is 0 Å². The van der Waals surface area contributed by atoms with Gasteiger partial charge < -0.3 is 10.6 Å². The number of nitrogens with zero attached hydrogens (tertiary/aromatic N) is 1. The summed E-state index contributed by atoms with van der Waals surface area (Å²) in [7, 11) is 0. The van der Waals surface area contributed by atoms with Crippen molar-refractivity contribution in [3.8, 4) is 0 Å². The summed E-state index contributed by atoms with van der Waals surface area (Å²) in [5.41, 5.74) is 1.10. The van der Waals surface area contributed by atoms with Crippen LogP contribution in [0.2, 0.25) is 0 Å². The van der Waals surface area contributed by atoms with Crippen molar-refractivity contribution in [1.29, 1.82) is 0 Å². The van der Waals surface area contributed by atoms with Gasteiger partial charge in [0.05, 0.1) is 5.69 Å². The van der Waals surface area contributed by atoms with E-state index >= 15 is 0 Å². The first kappa shape index (κ1) is 16.9. The number of aryl methyl sites for hydroxylation is 2. The second kappa shape index (κ2) is 7.72. The van der Waals surface area contributed by atoms with E-state index in [1.54, 1.807) is 11.3 Å². The number of anilines is 1.